The van der Waals surface area contributed by atoms with Crippen LogP contribution in [0.5, 0.6) is 5.75 Å². The first kappa shape index (κ1) is 8.55. The maximum absolute atomic E-state index is 10.3. The van der Waals surface area contributed by atoms with E-state index in [0.29, 0.717) is 5.75 Å². The summed E-state index contributed by atoms with van der Waals surface area (Å²) in [6, 6.07) is 5.00. The van der Waals surface area contributed by atoms with Crippen molar-refractivity contribution in [1.29, 1.82) is 0 Å². The molecule has 0 fully saturated rings. The Morgan fingerprint density at radius 2 is 2.36 bits per heavy atom. The van der Waals surface area contributed by atoms with E-state index in [4.69, 9.17) is 5.11 Å². The highest BCUT2D eigenvalue weighted by Crippen LogP contribution is 2.19. The standard InChI is InChI=1S/C9H8N2O3/c1-11-8-4-7(14-9(12)13)3-2-6(8)5-10-11/h2-5H,1H3,(H,12,13). The maximum atomic E-state index is 10.3. The fourth-order valence-electron chi connectivity index (χ4n) is 1.29. The zero-order chi connectivity index (χ0) is 10.1. The summed E-state index contributed by atoms with van der Waals surface area (Å²) in [5.74, 6) is 0.300. The Balaban J connectivity index is 2.49. The largest absolute Gasteiger partial charge is 0.511 e. The van der Waals surface area contributed by atoms with E-state index in [2.05, 4.69) is 9.84 Å². The van der Waals surface area contributed by atoms with Gasteiger partial charge in [0.1, 0.15) is 5.75 Å². The quantitative estimate of drug-likeness (QED) is 0.551. The molecule has 0 saturated carbocycles. The molecule has 0 aliphatic carbocycles. The predicted octanol–water partition coefficient (Wildman–Crippen LogP) is 1.63. The van der Waals surface area contributed by atoms with Crippen LogP contribution in [-0.4, -0.2) is 21.0 Å². The monoisotopic (exact) mass is 192 g/mol. The van der Waals surface area contributed by atoms with Gasteiger partial charge in [-0.1, -0.05) is 0 Å². The van der Waals surface area contributed by atoms with Crippen LogP contribution in [0.1, 0.15) is 0 Å². The van der Waals surface area contributed by atoms with Crippen LogP contribution in [0.3, 0.4) is 0 Å². The molecule has 0 atom stereocenters. The highest BCUT2D eigenvalue weighted by atomic mass is 16.7. The van der Waals surface area contributed by atoms with E-state index in [9.17, 15) is 4.79 Å². The molecule has 0 amide bonds. The molecule has 0 aliphatic rings. The first-order valence-electron chi connectivity index (χ1n) is 3.99. The molecule has 14 heavy (non-hydrogen) atoms. The van der Waals surface area contributed by atoms with E-state index in [1.807, 2.05) is 0 Å². The summed E-state index contributed by atoms with van der Waals surface area (Å²) in [5, 5.41) is 13.4. The van der Waals surface area contributed by atoms with Gasteiger partial charge in [-0.05, 0) is 12.1 Å². The molecule has 1 heterocycles. The van der Waals surface area contributed by atoms with Gasteiger partial charge >= 0.3 is 6.16 Å². The van der Waals surface area contributed by atoms with E-state index in [0.717, 1.165) is 10.9 Å². The van der Waals surface area contributed by atoms with Crippen molar-refractivity contribution in [2.45, 2.75) is 0 Å². The molecular formula is C9H8N2O3. The molecule has 0 unspecified atom stereocenters. The highest BCUT2D eigenvalue weighted by Gasteiger charge is 2.04. The number of carboxylic acid groups (broad SMARTS) is 1. The van der Waals surface area contributed by atoms with Crippen LogP contribution in [0.25, 0.3) is 10.9 Å². The van der Waals surface area contributed by atoms with E-state index < -0.39 is 6.16 Å². The van der Waals surface area contributed by atoms with Gasteiger partial charge in [0, 0.05) is 18.5 Å². The van der Waals surface area contributed by atoms with Gasteiger partial charge in [-0.25, -0.2) is 4.79 Å². The molecule has 2 rings (SSSR count). The van der Waals surface area contributed by atoms with Crippen LogP contribution in [0, 0.1) is 0 Å². The topological polar surface area (TPSA) is 64.4 Å². The third kappa shape index (κ3) is 1.39. The van der Waals surface area contributed by atoms with Gasteiger partial charge < -0.3 is 9.84 Å². The lowest BCUT2D eigenvalue weighted by Crippen LogP contribution is -2.02. The van der Waals surface area contributed by atoms with E-state index >= 15 is 0 Å². The van der Waals surface area contributed by atoms with Gasteiger partial charge in [-0.3, -0.25) is 4.68 Å². The smallest absolute Gasteiger partial charge is 0.449 e. The number of hydrogen-bond acceptors (Lipinski definition) is 3. The number of fused-ring (bicyclic) bond motifs is 1. The van der Waals surface area contributed by atoms with Crippen molar-refractivity contribution in [3.63, 3.8) is 0 Å². The Bertz CT molecular complexity index is 490. The van der Waals surface area contributed by atoms with Crippen LogP contribution in [-0.2, 0) is 7.05 Å². The van der Waals surface area contributed by atoms with Crippen molar-refractivity contribution in [3.8, 4) is 5.75 Å². The molecule has 5 heteroatoms. The normalized spacial score (nSPS) is 10.4. The number of rotatable bonds is 1. The highest BCUT2D eigenvalue weighted by molar-refractivity contribution is 5.80. The van der Waals surface area contributed by atoms with Crippen molar-refractivity contribution in [2.75, 3.05) is 0 Å². The number of nitrogens with zero attached hydrogens (tertiary/aromatic N) is 2. The summed E-state index contributed by atoms with van der Waals surface area (Å²) in [4.78, 5) is 10.3. The summed E-state index contributed by atoms with van der Waals surface area (Å²) in [7, 11) is 1.78. The fourth-order valence-corrected chi connectivity index (χ4v) is 1.29. The first-order valence-corrected chi connectivity index (χ1v) is 3.99. The number of carbonyl (C=O) groups is 1. The molecule has 0 bridgehead atoms. The molecule has 0 saturated heterocycles. The molecule has 5 nitrogen and oxygen atoms in total. The van der Waals surface area contributed by atoms with Crippen molar-refractivity contribution >= 4 is 17.1 Å². The first-order chi connectivity index (χ1) is 6.66. The van der Waals surface area contributed by atoms with Crippen LogP contribution < -0.4 is 4.74 Å². The zero-order valence-corrected chi connectivity index (χ0v) is 7.47. The summed E-state index contributed by atoms with van der Waals surface area (Å²) in [5.41, 5.74) is 0.837. The van der Waals surface area contributed by atoms with Gasteiger partial charge in [0.2, 0.25) is 0 Å². The lowest BCUT2D eigenvalue weighted by Gasteiger charge is -1.99. The molecule has 72 valence electrons. The molecule has 1 N–H and O–H groups in total. The van der Waals surface area contributed by atoms with Crippen LogP contribution in [0.2, 0.25) is 0 Å². The molecule has 2 aromatic rings. The molecule has 1 aromatic carbocycles. The fraction of sp³-hybridized carbons (Fsp3) is 0.111. The van der Waals surface area contributed by atoms with E-state index in [-0.39, 0.29) is 0 Å². The SMILES string of the molecule is Cn1ncc2ccc(OC(=O)O)cc21. The average molecular weight is 192 g/mol. The molecule has 0 aliphatic heterocycles. The molecular weight excluding hydrogens is 184 g/mol. The number of benzene rings is 1. The molecule has 0 radical (unpaired) electrons. The van der Waals surface area contributed by atoms with Gasteiger partial charge in [0.05, 0.1) is 11.7 Å². The van der Waals surface area contributed by atoms with Gasteiger partial charge in [0.15, 0.2) is 0 Å². The average Bonchev–Trinajstić information content (AvgIpc) is 2.47. The summed E-state index contributed by atoms with van der Waals surface area (Å²) < 4.78 is 6.18. The minimum Gasteiger partial charge on any atom is -0.449 e. The number of aryl methyl sites for hydroxylation is 1. The van der Waals surface area contributed by atoms with E-state index in [1.165, 1.54) is 0 Å². The lowest BCUT2D eigenvalue weighted by molar-refractivity contribution is 0.144. The van der Waals surface area contributed by atoms with Crippen molar-refractivity contribution in [3.05, 3.63) is 24.4 Å². The maximum Gasteiger partial charge on any atom is 0.511 e. The second-order valence-electron chi connectivity index (χ2n) is 2.86. The Labute approximate surface area is 79.5 Å². The van der Waals surface area contributed by atoms with E-state index in [1.54, 1.807) is 36.1 Å². The summed E-state index contributed by atoms with van der Waals surface area (Å²) in [6.45, 7) is 0. The van der Waals surface area contributed by atoms with Crippen LogP contribution in [0.4, 0.5) is 4.79 Å². The zero-order valence-electron chi connectivity index (χ0n) is 7.47. The van der Waals surface area contributed by atoms with Crippen molar-refractivity contribution in [1.82, 2.24) is 9.78 Å². The van der Waals surface area contributed by atoms with Crippen LogP contribution >= 0.6 is 0 Å². The van der Waals surface area contributed by atoms with Crippen LogP contribution in [0.15, 0.2) is 24.4 Å². The summed E-state index contributed by atoms with van der Waals surface area (Å²) in [6.07, 6.45) is 0.395. The van der Waals surface area contributed by atoms with Crippen molar-refractivity contribution < 1.29 is 14.6 Å². The second kappa shape index (κ2) is 3.02. The summed E-state index contributed by atoms with van der Waals surface area (Å²) >= 11 is 0. The Morgan fingerprint density at radius 3 is 3.07 bits per heavy atom. The van der Waals surface area contributed by atoms with Gasteiger partial charge in [-0.15, -0.1) is 0 Å². The Hall–Kier alpha value is -2.04. The number of aromatic nitrogens is 2. The van der Waals surface area contributed by atoms with Gasteiger partial charge in [-0.2, -0.15) is 5.10 Å². The predicted molar refractivity (Wildman–Crippen MR) is 49.4 cm³/mol. The number of hydrogen-bond donors (Lipinski definition) is 1. The lowest BCUT2D eigenvalue weighted by atomic mass is 10.2. The Kier molecular flexibility index (Phi) is 1.85. The molecule has 1 aromatic heterocycles. The third-order valence-corrected chi connectivity index (χ3v) is 1.93. The van der Waals surface area contributed by atoms with Gasteiger partial charge in [0.25, 0.3) is 0 Å². The minimum atomic E-state index is -1.31. The van der Waals surface area contributed by atoms with Crippen molar-refractivity contribution in [2.24, 2.45) is 7.05 Å². The Morgan fingerprint density at radius 1 is 1.57 bits per heavy atom. The number of ether oxygens (including phenoxy) is 1. The third-order valence-electron chi connectivity index (χ3n) is 1.93. The molecule has 0 spiro atoms. The minimum absolute atomic E-state index is 0.300. The second-order valence-corrected chi connectivity index (χ2v) is 2.86.